The Morgan fingerprint density at radius 3 is 2.40 bits per heavy atom. The third kappa shape index (κ3) is 3.42. The minimum atomic E-state index is -3.07. The molecule has 6 nitrogen and oxygen atoms in total. The summed E-state index contributed by atoms with van der Waals surface area (Å²) in [5, 5.41) is 2.85. The summed E-state index contributed by atoms with van der Waals surface area (Å²) < 4.78 is 23.3. The van der Waals surface area contributed by atoms with Crippen LogP contribution in [0.4, 0.5) is 5.69 Å². The van der Waals surface area contributed by atoms with Crippen molar-refractivity contribution in [2.75, 3.05) is 23.9 Å². The highest BCUT2D eigenvalue weighted by molar-refractivity contribution is 7.91. The van der Waals surface area contributed by atoms with Crippen LogP contribution in [0.3, 0.4) is 0 Å². The topological polar surface area (TPSA) is 83.6 Å². The molecule has 2 aliphatic rings. The third-order valence-corrected chi connectivity index (χ3v) is 7.19. The second kappa shape index (κ2) is 6.12. The fourth-order valence-corrected chi connectivity index (χ4v) is 5.09. The Morgan fingerprint density at radius 2 is 1.88 bits per heavy atom. The van der Waals surface area contributed by atoms with Gasteiger partial charge in [0.15, 0.2) is 9.84 Å². The second-order valence-electron chi connectivity index (χ2n) is 7.31. The Kier molecular flexibility index (Phi) is 4.39. The molecule has 1 aliphatic heterocycles. The van der Waals surface area contributed by atoms with E-state index in [1.165, 1.54) is 4.90 Å². The van der Waals surface area contributed by atoms with Crippen LogP contribution in [0.2, 0.25) is 0 Å². The molecule has 3 rings (SSSR count). The van der Waals surface area contributed by atoms with Gasteiger partial charge in [-0.05, 0) is 56.4 Å². The summed E-state index contributed by atoms with van der Waals surface area (Å²) in [6.07, 6.45) is 1.46. The van der Waals surface area contributed by atoms with E-state index in [1.807, 2.05) is 32.0 Å². The zero-order chi connectivity index (χ0) is 18.4. The number of hydrogen-bond acceptors (Lipinski definition) is 4. The van der Waals surface area contributed by atoms with E-state index < -0.39 is 15.3 Å². The first kappa shape index (κ1) is 17.9. The first-order valence-corrected chi connectivity index (χ1v) is 10.3. The number of carbonyl (C=O) groups is 2. The standard InChI is InChI=1S/C18H24N2O4S/c1-12-4-5-14(10-13(12)2)19-16(21)18(7-8-18)17(22)20(3)15-6-9-25(23,24)11-15/h4-5,10,15H,6-9,11H2,1-3H3,(H,19,21). The maximum Gasteiger partial charge on any atom is 0.240 e. The van der Waals surface area contributed by atoms with E-state index in [1.54, 1.807) is 7.05 Å². The molecule has 2 amide bonds. The zero-order valence-electron chi connectivity index (χ0n) is 14.8. The number of hydrogen-bond donors (Lipinski definition) is 1. The number of nitrogens with one attached hydrogen (secondary N) is 1. The summed E-state index contributed by atoms with van der Waals surface area (Å²) in [5.41, 5.74) is 1.85. The number of sulfone groups is 1. The van der Waals surface area contributed by atoms with Gasteiger partial charge >= 0.3 is 0 Å². The summed E-state index contributed by atoms with van der Waals surface area (Å²) in [5.74, 6) is -0.467. The van der Waals surface area contributed by atoms with Gasteiger partial charge in [-0.3, -0.25) is 9.59 Å². The molecule has 1 heterocycles. The van der Waals surface area contributed by atoms with Gasteiger partial charge < -0.3 is 10.2 Å². The number of amides is 2. The molecule has 0 spiro atoms. The molecule has 1 aromatic rings. The number of carbonyl (C=O) groups excluding carboxylic acids is 2. The molecule has 1 N–H and O–H groups in total. The van der Waals surface area contributed by atoms with Gasteiger partial charge in [-0.15, -0.1) is 0 Å². The minimum Gasteiger partial charge on any atom is -0.341 e. The highest BCUT2D eigenvalue weighted by Crippen LogP contribution is 2.48. The lowest BCUT2D eigenvalue weighted by Gasteiger charge is -2.27. The Bertz CT molecular complexity index is 827. The molecule has 2 fully saturated rings. The molecular weight excluding hydrogens is 340 g/mol. The maximum absolute atomic E-state index is 12.8. The van der Waals surface area contributed by atoms with Gasteiger partial charge in [0.25, 0.3) is 0 Å². The fourth-order valence-electron chi connectivity index (χ4n) is 3.32. The van der Waals surface area contributed by atoms with Crippen molar-refractivity contribution in [2.45, 2.75) is 39.2 Å². The maximum atomic E-state index is 12.8. The van der Waals surface area contributed by atoms with Crippen molar-refractivity contribution in [3.8, 4) is 0 Å². The summed E-state index contributed by atoms with van der Waals surface area (Å²) in [7, 11) is -1.46. The van der Waals surface area contributed by atoms with Crippen molar-refractivity contribution in [1.82, 2.24) is 4.90 Å². The quantitative estimate of drug-likeness (QED) is 0.824. The van der Waals surface area contributed by atoms with Crippen LogP contribution in [0.1, 0.15) is 30.4 Å². The molecule has 136 valence electrons. The van der Waals surface area contributed by atoms with Gasteiger partial charge in [0, 0.05) is 18.8 Å². The SMILES string of the molecule is Cc1ccc(NC(=O)C2(C(=O)N(C)C3CCS(=O)(=O)C3)CC2)cc1C. The summed E-state index contributed by atoms with van der Waals surface area (Å²) >= 11 is 0. The lowest BCUT2D eigenvalue weighted by Crippen LogP contribution is -2.46. The van der Waals surface area contributed by atoms with Crippen molar-refractivity contribution >= 4 is 27.3 Å². The summed E-state index contributed by atoms with van der Waals surface area (Å²) in [4.78, 5) is 27.0. The molecule has 0 bridgehead atoms. The second-order valence-corrected chi connectivity index (χ2v) is 9.54. The predicted molar refractivity (Wildman–Crippen MR) is 96.0 cm³/mol. The monoisotopic (exact) mass is 364 g/mol. The highest BCUT2D eigenvalue weighted by Gasteiger charge is 2.58. The first-order valence-electron chi connectivity index (χ1n) is 8.51. The smallest absolute Gasteiger partial charge is 0.240 e. The normalized spacial score (nSPS) is 23.1. The summed E-state index contributed by atoms with van der Waals surface area (Å²) in [6, 6.07) is 5.32. The van der Waals surface area contributed by atoms with Gasteiger partial charge in [0.05, 0.1) is 11.5 Å². The third-order valence-electron chi connectivity index (χ3n) is 5.44. The molecule has 7 heteroatoms. The van der Waals surface area contributed by atoms with E-state index in [-0.39, 0.29) is 29.4 Å². The van der Waals surface area contributed by atoms with Gasteiger partial charge in [-0.25, -0.2) is 8.42 Å². The molecule has 25 heavy (non-hydrogen) atoms. The molecule has 1 unspecified atom stereocenters. The number of aryl methyl sites for hydroxylation is 2. The molecule has 1 atom stereocenters. The Labute approximate surface area is 148 Å². The molecule has 1 aliphatic carbocycles. The van der Waals surface area contributed by atoms with Gasteiger partial charge in [0.2, 0.25) is 11.8 Å². The van der Waals surface area contributed by atoms with Crippen LogP contribution in [0.25, 0.3) is 0 Å². The van der Waals surface area contributed by atoms with Crippen LogP contribution < -0.4 is 5.32 Å². The van der Waals surface area contributed by atoms with Crippen LogP contribution in [-0.2, 0) is 19.4 Å². The van der Waals surface area contributed by atoms with E-state index in [4.69, 9.17) is 0 Å². The summed E-state index contributed by atoms with van der Waals surface area (Å²) in [6.45, 7) is 3.97. The van der Waals surface area contributed by atoms with Crippen LogP contribution in [0.15, 0.2) is 18.2 Å². The van der Waals surface area contributed by atoms with Crippen LogP contribution in [0, 0.1) is 19.3 Å². The van der Waals surface area contributed by atoms with Crippen LogP contribution in [-0.4, -0.2) is 49.7 Å². The van der Waals surface area contributed by atoms with E-state index in [0.29, 0.717) is 24.9 Å². The Morgan fingerprint density at radius 1 is 1.20 bits per heavy atom. The first-order chi connectivity index (χ1) is 11.6. The van der Waals surface area contributed by atoms with Crippen LogP contribution >= 0.6 is 0 Å². The van der Waals surface area contributed by atoms with Crippen molar-refractivity contribution < 1.29 is 18.0 Å². The van der Waals surface area contributed by atoms with Gasteiger partial charge in [-0.2, -0.15) is 0 Å². The lowest BCUT2D eigenvalue weighted by atomic mass is 10.0. The molecule has 1 aromatic carbocycles. The zero-order valence-corrected chi connectivity index (χ0v) is 15.6. The van der Waals surface area contributed by atoms with Gasteiger partial charge in [-0.1, -0.05) is 6.07 Å². The minimum absolute atomic E-state index is 0.00983. The number of rotatable bonds is 4. The number of benzene rings is 1. The van der Waals surface area contributed by atoms with E-state index in [2.05, 4.69) is 5.32 Å². The Balaban J connectivity index is 1.71. The average Bonchev–Trinajstić information content (AvgIpc) is 3.28. The number of anilines is 1. The van der Waals surface area contributed by atoms with Crippen molar-refractivity contribution in [1.29, 1.82) is 0 Å². The molecule has 0 radical (unpaired) electrons. The largest absolute Gasteiger partial charge is 0.341 e. The highest BCUT2D eigenvalue weighted by atomic mass is 32.2. The number of nitrogens with zero attached hydrogens (tertiary/aromatic N) is 1. The molecular formula is C18H24N2O4S. The van der Waals surface area contributed by atoms with E-state index >= 15 is 0 Å². The van der Waals surface area contributed by atoms with Crippen molar-refractivity contribution in [3.05, 3.63) is 29.3 Å². The van der Waals surface area contributed by atoms with Crippen LogP contribution in [0.5, 0.6) is 0 Å². The fraction of sp³-hybridized carbons (Fsp3) is 0.556. The Hall–Kier alpha value is -1.89. The molecule has 1 saturated heterocycles. The lowest BCUT2D eigenvalue weighted by molar-refractivity contribution is -0.142. The van der Waals surface area contributed by atoms with E-state index in [0.717, 1.165) is 11.1 Å². The molecule has 1 saturated carbocycles. The van der Waals surface area contributed by atoms with Crippen molar-refractivity contribution in [3.63, 3.8) is 0 Å². The van der Waals surface area contributed by atoms with E-state index in [9.17, 15) is 18.0 Å². The molecule has 0 aromatic heterocycles. The average molecular weight is 364 g/mol. The van der Waals surface area contributed by atoms with Crippen molar-refractivity contribution in [2.24, 2.45) is 5.41 Å². The predicted octanol–water partition coefficient (Wildman–Crippen LogP) is 1.67. The van der Waals surface area contributed by atoms with Gasteiger partial charge in [0.1, 0.15) is 5.41 Å².